The summed E-state index contributed by atoms with van der Waals surface area (Å²) in [5.74, 6) is -2.72. The first-order valence-electron chi connectivity index (χ1n) is 8.79. The Labute approximate surface area is 184 Å². The Morgan fingerprint density at radius 3 is 2.42 bits per heavy atom. The number of amides is 1. The number of carbonyl (C=O) groups excluding carboxylic acids is 1. The van der Waals surface area contributed by atoms with Crippen LogP contribution in [0.5, 0.6) is 17.4 Å². The monoisotopic (exact) mass is 486 g/mol. The highest BCUT2D eigenvalue weighted by Gasteiger charge is 2.35. The van der Waals surface area contributed by atoms with Gasteiger partial charge in [0, 0.05) is 11.8 Å². The van der Waals surface area contributed by atoms with Crippen LogP contribution < -0.4 is 19.9 Å². The minimum absolute atomic E-state index is 0.0813. The highest BCUT2D eigenvalue weighted by molar-refractivity contribution is 7.89. The second-order valence-electron chi connectivity index (χ2n) is 6.37. The van der Waals surface area contributed by atoms with E-state index in [1.165, 1.54) is 19.2 Å². The van der Waals surface area contributed by atoms with Crippen LogP contribution in [0.25, 0.3) is 0 Å². The lowest BCUT2D eigenvalue weighted by Gasteiger charge is -2.14. The first-order chi connectivity index (χ1) is 15.4. The van der Waals surface area contributed by atoms with Gasteiger partial charge in [0.05, 0.1) is 12.0 Å². The average Bonchev–Trinajstić information content (AvgIpc) is 2.74. The number of ether oxygens (including phenoxy) is 2. The van der Waals surface area contributed by atoms with E-state index in [4.69, 9.17) is 14.6 Å². The summed E-state index contributed by atoms with van der Waals surface area (Å²) in [6.45, 7) is 0. The van der Waals surface area contributed by atoms with Crippen molar-refractivity contribution in [1.82, 2.24) is 10.2 Å². The first-order valence-corrected chi connectivity index (χ1v) is 10.3. The minimum atomic E-state index is -4.93. The minimum Gasteiger partial charge on any atom is -0.493 e. The van der Waals surface area contributed by atoms with Gasteiger partial charge in [0.15, 0.2) is 17.2 Å². The lowest BCUT2D eigenvalue weighted by atomic mass is 10.2. The number of rotatable bonds is 6. The van der Waals surface area contributed by atoms with Crippen LogP contribution in [-0.4, -0.2) is 31.6 Å². The summed E-state index contributed by atoms with van der Waals surface area (Å²) in [5.41, 5.74) is -2.25. The first kappa shape index (κ1) is 23.9. The fraction of sp³-hybridized carbons (Fsp3) is 0.105. The molecule has 0 fully saturated rings. The van der Waals surface area contributed by atoms with E-state index in [0.29, 0.717) is 6.07 Å². The van der Waals surface area contributed by atoms with E-state index in [-0.39, 0.29) is 22.1 Å². The van der Waals surface area contributed by atoms with Gasteiger partial charge in [-0.15, -0.1) is 10.2 Å². The normalized spacial score (nSPS) is 11.7. The second-order valence-corrected chi connectivity index (χ2v) is 7.93. The number of nitrogens with one attached hydrogen (secondary N) is 1. The summed E-state index contributed by atoms with van der Waals surface area (Å²) in [7, 11) is -2.90. The number of alkyl halides is 3. The molecule has 1 aromatic heterocycles. The number of primary sulfonamides is 1. The smallest absolute Gasteiger partial charge is 0.435 e. The van der Waals surface area contributed by atoms with Crippen LogP contribution in [0.4, 0.5) is 23.2 Å². The van der Waals surface area contributed by atoms with Crippen molar-refractivity contribution in [2.75, 3.05) is 12.4 Å². The van der Waals surface area contributed by atoms with Crippen molar-refractivity contribution in [2.45, 2.75) is 11.1 Å². The Bertz CT molecular complexity index is 1320. The summed E-state index contributed by atoms with van der Waals surface area (Å²) in [5, 5.41) is 13.7. The van der Waals surface area contributed by atoms with E-state index in [1.54, 1.807) is 0 Å². The Morgan fingerprint density at radius 1 is 1.06 bits per heavy atom. The molecule has 0 saturated carbocycles. The molecule has 3 N–H and O–H groups in total. The molecule has 0 unspecified atom stereocenters. The van der Waals surface area contributed by atoms with Crippen LogP contribution in [0.3, 0.4) is 0 Å². The van der Waals surface area contributed by atoms with Gasteiger partial charge >= 0.3 is 6.18 Å². The van der Waals surface area contributed by atoms with Gasteiger partial charge in [0.1, 0.15) is 11.4 Å². The predicted molar refractivity (Wildman–Crippen MR) is 106 cm³/mol. The number of nitrogens with zero attached hydrogens (tertiary/aromatic N) is 2. The summed E-state index contributed by atoms with van der Waals surface area (Å²) in [6.07, 6.45) is -4.93. The van der Waals surface area contributed by atoms with E-state index in [9.17, 15) is 30.8 Å². The molecular weight excluding hydrogens is 472 g/mol. The lowest BCUT2D eigenvalue weighted by Crippen LogP contribution is -2.18. The average molecular weight is 486 g/mol. The Balaban J connectivity index is 2.02. The van der Waals surface area contributed by atoms with Crippen LogP contribution in [0, 0.1) is 5.82 Å². The largest absolute Gasteiger partial charge is 0.493 e. The van der Waals surface area contributed by atoms with E-state index in [1.807, 2.05) is 0 Å². The number of hydrogen-bond donors (Lipinski definition) is 2. The fourth-order valence-electron chi connectivity index (χ4n) is 2.54. The molecule has 33 heavy (non-hydrogen) atoms. The quantitative estimate of drug-likeness (QED) is 0.511. The molecule has 0 bridgehead atoms. The van der Waals surface area contributed by atoms with Gasteiger partial charge in [-0.2, -0.15) is 13.2 Å². The summed E-state index contributed by atoms with van der Waals surface area (Å²) in [4.78, 5) is 12.4. The van der Waals surface area contributed by atoms with Gasteiger partial charge in [-0.1, -0.05) is 6.07 Å². The zero-order valence-corrected chi connectivity index (χ0v) is 17.4. The maximum absolute atomic E-state index is 13.4. The molecule has 3 aromatic rings. The van der Waals surface area contributed by atoms with Gasteiger partial charge in [-0.05, 0) is 36.4 Å². The molecule has 1 amide bonds. The van der Waals surface area contributed by atoms with Gasteiger partial charge in [0.25, 0.3) is 11.8 Å². The van der Waals surface area contributed by atoms with Crippen LogP contribution in [0.1, 0.15) is 16.1 Å². The highest BCUT2D eigenvalue weighted by Crippen LogP contribution is 2.35. The number of anilines is 1. The maximum atomic E-state index is 13.4. The Morgan fingerprint density at radius 2 is 1.79 bits per heavy atom. The van der Waals surface area contributed by atoms with Crippen LogP contribution in [-0.2, 0) is 16.2 Å². The summed E-state index contributed by atoms with van der Waals surface area (Å²) < 4.78 is 86.2. The summed E-state index contributed by atoms with van der Waals surface area (Å²) in [6, 6.07) is 8.19. The van der Waals surface area contributed by atoms with Gasteiger partial charge < -0.3 is 14.8 Å². The third kappa shape index (κ3) is 5.72. The molecule has 9 nitrogen and oxygen atoms in total. The molecule has 1 heterocycles. The fourth-order valence-corrected chi connectivity index (χ4v) is 3.10. The van der Waals surface area contributed by atoms with E-state index < -0.39 is 45.1 Å². The van der Waals surface area contributed by atoms with Gasteiger partial charge in [-0.25, -0.2) is 17.9 Å². The zero-order chi connectivity index (χ0) is 24.4. The maximum Gasteiger partial charge on any atom is 0.435 e. The number of nitrogens with two attached hydrogens (primary N) is 1. The molecule has 0 aliphatic heterocycles. The Kier molecular flexibility index (Phi) is 6.51. The standard InChI is InChI=1S/C19H14F4N4O5S/c1-31-15-7-10(20)5-6-14(15)32-18-13(9-16(26-27-18)19(21,22)23)17(28)25-11-3-2-4-12(8-11)33(24,29)30/h2-9H,1H3,(H,25,28)(H2,24,29,30). The molecule has 0 aliphatic carbocycles. The predicted octanol–water partition coefficient (Wildman–Crippen LogP) is 3.34. The molecule has 0 saturated heterocycles. The molecule has 3 rings (SSSR count). The van der Waals surface area contributed by atoms with Crippen LogP contribution in [0.2, 0.25) is 0 Å². The van der Waals surface area contributed by atoms with Crippen molar-refractivity contribution < 1.29 is 40.2 Å². The van der Waals surface area contributed by atoms with E-state index >= 15 is 0 Å². The molecule has 0 atom stereocenters. The number of carbonyl (C=O) groups is 1. The van der Waals surface area contributed by atoms with Crippen molar-refractivity contribution in [3.8, 4) is 17.4 Å². The number of aromatic nitrogens is 2. The third-order valence-corrected chi connectivity index (χ3v) is 4.96. The van der Waals surface area contributed by atoms with Crippen molar-refractivity contribution >= 4 is 21.6 Å². The van der Waals surface area contributed by atoms with Gasteiger partial charge in [-0.3, -0.25) is 4.79 Å². The number of hydrogen-bond acceptors (Lipinski definition) is 7. The highest BCUT2D eigenvalue weighted by atomic mass is 32.2. The van der Waals surface area contributed by atoms with E-state index in [2.05, 4.69) is 15.5 Å². The third-order valence-electron chi connectivity index (χ3n) is 4.05. The zero-order valence-electron chi connectivity index (χ0n) is 16.6. The Hall–Kier alpha value is -3.78. The van der Waals surface area contributed by atoms with Gasteiger partial charge in [0.2, 0.25) is 10.0 Å². The van der Waals surface area contributed by atoms with Crippen molar-refractivity contribution in [3.05, 3.63) is 65.6 Å². The van der Waals surface area contributed by atoms with Crippen LogP contribution >= 0.6 is 0 Å². The summed E-state index contributed by atoms with van der Waals surface area (Å²) >= 11 is 0. The van der Waals surface area contributed by atoms with Crippen LogP contribution in [0.15, 0.2) is 53.4 Å². The number of halogens is 4. The molecule has 0 spiro atoms. The SMILES string of the molecule is COc1cc(F)ccc1Oc1nnc(C(F)(F)F)cc1C(=O)Nc1cccc(S(N)(=O)=O)c1. The number of benzene rings is 2. The number of methoxy groups -OCH3 is 1. The molecule has 0 radical (unpaired) electrons. The molecule has 174 valence electrons. The lowest BCUT2D eigenvalue weighted by molar-refractivity contribution is -0.141. The second kappa shape index (κ2) is 8.99. The molecule has 2 aromatic carbocycles. The van der Waals surface area contributed by atoms with Crippen molar-refractivity contribution in [2.24, 2.45) is 5.14 Å². The van der Waals surface area contributed by atoms with Crippen molar-refractivity contribution in [3.63, 3.8) is 0 Å². The topological polar surface area (TPSA) is 134 Å². The molecule has 14 heteroatoms. The van der Waals surface area contributed by atoms with E-state index in [0.717, 1.165) is 30.3 Å². The number of sulfonamides is 1. The molecular formula is C19H14F4N4O5S. The molecule has 0 aliphatic rings. The van der Waals surface area contributed by atoms with Crippen molar-refractivity contribution in [1.29, 1.82) is 0 Å².